The Kier molecular flexibility index (Phi) is 7.72. The van der Waals surface area contributed by atoms with Gasteiger partial charge in [-0.2, -0.15) is 0 Å². The molecule has 1 aliphatic rings. The lowest BCUT2D eigenvalue weighted by Gasteiger charge is -2.26. The zero-order valence-electron chi connectivity index (χ0n) is 21.5. The Hall–Kier alpha value is -3.11. The van der Waals surface area contributed by atoms with Crippen molar-refractivity contribution < 1.29 is 9.13 Å². The molecule has 1 heterocycles. The van der Waals surface area contributed by atoms with E-state index in [-0.39, 0.29) is 5.82 Å². The van der Waals surface area contributed by atoms with Gasteiger partial charge in [0.25, 0.3) is 0 Å². The third-order valence-corrected chi connectivity index (χ3v) is 7.46. The molecule has 1 aromatic heterocycles. The van der Waals surface area contributed by atoms with E-state index in [0.717, 1.165) is 54.2 Å². The van der Waals surface area contributed by atoms with E-state index in [4.69, 9.17) is 4.74 Å². The van der Waals surface area contributed by atoms with Crippen LogP contribution < -0.4 is 10.1 Å². The van der Waals surface area contributed by atoms with Gasteiger partial charge in [-0.15, -0.1) is 0 Å². The van der Waals surface area contributed by atoms with Crippen molar-refractivity contribution in [2.24, 2.45) is 0 Å². The Morgan fingerprint density at radius 1 is 1.00 bits per heavy atom. The minimum Gasteiger partial charge on any atom is -0.494 e. The van der Waals surface area contributed by atoms with Crippen LogP contribution in [0.1, 0.15) is 55.7 Å². The van der Waals surface area contributed by atoms with Crippen LogP contribution in [0.15, 0.2) is 66.7 Å². The summed E-state index contributed by atoms with van der Waals surface area (Å²) in [7, 11) is 0. The molecule has 1 aliphatic carbocycles. The van der Waals surface area contributed by atoms with Crippen molar-refractivity contribution in [2.45, 2.75) is 65.0 Å². The molecule has 5 rings (SSSR count). The Bertz CT molecular complexity index is 1300. The molecular formula is C32H37FN2O. The molecule has 0 bridgehead atoms. The average molecular weight is 485 g/mol. The molecule has 4 heteroatoms. The lowest BCUT2D eigenvalue weighted by molar-refractivity contribution is 0.309. The van der Waals surface area contributed by atoms with E-state index in [1.54, 1.807) is 0 Å². The standard InChI is InChI=1S/C32H37FN2O/c1-3-4-20-36-27-16-17-30-29(21-27)31(33)32(28-11-6-5-8-23(28)2)35(30)22-25-14-12-24(13-15-25)18-19-34-26-9-7-10-26/h5-6,8,11-17,21,26,34H,3-4,7,9-10,18-20,22H2,1-2H3. The Morgan fingerprint density at radius 3 is 2.50 bits per heavy atom. The van der Waals surface area contributed by atoms with Crippen molar-refractivity contribution in [2.75, 3.05) is 13.2 Å². The number of hydrogen-bond acceptors (Lipinski definition) is 2. The van der Waals surface area contributed by atoms with Crippen molar-refractivity contribution in [3.8, 4) is 17.0 Å². The lowest BCUT2D eigenvalue weighted by Crippen LogP contribution is -2.36. The van der Waals surface area contributed by atoms with Crippen LogP contribution in [0.2, 0.25) is 0 Å². The summed E-state index contributed by atoms with van der Waals surface area (Å²) < 4.78 is 24.1. The predicted octanol–water partition coefficient (Wildman–Crippen LogP) is 7.67. The van der Waals surface area contributed by atoms with Crippen LogP contribution in [0.5, 0.6) is 5.75 Å². The van der Waals surface area contributed by atoms with Crippen molar-refractivity contribution in [1.82, 2.24) is 9.88 Å². The van der Waals surface area contributed by atoms with E-state index in [0.29, 0.717) is 24.2 Å². The second-order valence-electron chi connectivity index (χ2n) is 10.1. The van der Waals surface area contributed by atoms with Crippen LogP contribution in [0.4, 0.5) is 4.39 Å². The number of nitrogens with one attached hydrogen (secondary N) is 1. The summed E-state index contributed by atoms with van der Waals surface area (Å²) in [5.41, 5.74) is 6.03. The molecule has 0 unspecified atom stereocenters. The number of rotatable bonds is 11. The van der Waals surface area contributed by atoms with Gasteiger partial charge in [-0.3, -0.25) is 0 Å². The van der Waals surface area contributed by atoms with Crippen molar-refractivity contribution in [3.05, 3.63) is 89.2 Å². The van der Waals surface area contributed by atoms with Crippen LogP contribution >= 0.6 is 0 Å². The summed E-state index contributed by atoms with van der Waals surface area (Å²) in [6.45, 7) is 6.47. The first-order valence-electron chi connectivity index (χ1n) is 13.5. The van der Waals surface area contributed by atoms with Gasteiger partial charge in [0.15, 0.2) is 5.82 Å². The fraction of sp³-hybridized carbons (Fsp3) is 0.375. The first kappa shape index (κ1) is 24.6. The molecule has 1 saturated carbocycles. The number of ether oxygens (including phenoxy) is 1. The largest absolute Gasteiger partial charge is 0.494 e. The van der Waals surface area contributed by atoms with Gasteiger partial charge in [-0.05, 0) is 74.0 Å². The minimum atomic E-state index is -0.182. The molecule has 0 amide bonds. The number of halogens is 1. The quantitative estimate of drug-likeness (QED) is 0.221. The zero-order valence-corrected chi connectivity index (χ0v) is 21.5. The highest BCUT2D eigenvalue weighted by molar-refractivity contribution is 5.89. The number of aromatic nitrogens is 1. The van der Waals surface area contributed by atoms with E-state index in [9.17, 15) is 0 Å². The molecule has 1 fully saturated rings. The molecule has 4 aromatic rings. The number of nitrogens with zero attached hydrogens (tertiary/aromatic N) is 1. The summed E-state index contributed by atoms with van der Waals surface area (Å²) >= 11 is 0. The van der Waals surface area contributed by atoms with Crippen molar-refractivity contribution in [3.63, 3.8) is 0 Å². The Morgan fingerprint density at radius 2 is 1.78 bits per heavy atom. The normalized spacial score (nSPS) is 13.8. The Labute approximate surface area is 214 Å². The first-order valence-corrected chi connectivity index (χ1v) is 13.5. The third-order valence-electron chi connectivity index (χ3n) is 7.46. The highest BCUT2D eigenvalue weighted by Crippen LogP contribution is 2.36. The molecule has 3 nitrogen and oxygen atoms in total. The molecule has 188 valence electrons. The van der Waals surface area contributed by atoms with Gasteiger partial charge in [0.2, 0.25) is 0 Å². The Balaban J connectivity index is 1.44. The van der Waals surface area contributed by atoms with Crippen LogP contribution in [0.25, 0.3) is 22.2 Å². The van der Waals surface area contributed by atoms with E-state index >= 15 is 4.39 Å². The van der Waals surface area contributed by atoms with E-state index < -0.39 is 0 Å². The molecule has 1 N–H and O–H groups in total. The summed E-state index contributed by atoms with van der Waals surface area (Å²) in [6.07, 6.45) is 7.08. The van der Waals surface area contributed by atoms with Crippen LogP contribution in [-0.2, 0) is 13.0 Å². The zero-order chi connectivity index (χ0) is 24.9. The maximum Gasteiger partial charge on any atom is 0.156 e. The molecule has 0 radical (unpaired) electrons. The number of benzene rings is 3. The summed E-state index contributed by atoms with van der Waals surface area (Å²) in [5.74, 6) is 0.544. The van der Waals surface area contributed by atoms with Gasteiger partial charge < -0.3 is 14.6 Å². The molecule has 0 aliphatic heterocycles. The number of fused-ring (bicyclic) bond motifs is 1. The predicted molar refractivity (Wildman–Crippen MR) is 147 cm³/mol. The lowest BCUT2D eigenvalue weighted by atomic mass is 9.93. The van der Waals surface area contributed by atoms with Gasteiger partial charge in [0.1, 0.15) is 5.75 Å². The second-order valence-corrected chi connectivity index (χ2v) is 10.1. The fourth-order valence-electron chi connectivity index (χ4n) is 5.01. The average Bonchev–Trinajstić information content (AvgIpc) is 3.13. The maximum absolute atomic E-state index is 16.0. The van der Waals surface area contributed by atoms with Gasteiger partial charge in [-0.1, -0.05) is 68.3 Å². The second kappa shape index (κ2) is 11.3. The topological polar surface area (TPSA) is 26.2 Å². The van der Waals surface area contributed by atoms with E-state index in [2.05, 4.69) is 41.1 Å². The third kappa shape index (κ3) is 5.34. The number of unbranched alkanes of at least 4 members (excludes halogenated alkanes) is 1. The fourth-order valence-corrected chi connectivity index (χ4v) is 5.01. The van der Waals surface area contributed by atoms with Crippen LogP contribution in [0.3, 0.4) is 0 Å². The molecule has 0 spiro atoms. The van der Waals surface area contributed by atoms with Crippen molar-refractivity contribution >= 4 is 10.9 Å². The smallest absolute Gasteiger partial charge is 0.156 e. The molecule has 3 aromatic carbocycles. The first-order chi connectivity index (χ1) is 17.6. The summed E-state index contributed by atoms with van der Waals surface area (Å²) in [6, 6.07) is 23.4. The van der Waals surface area contributed by atoms with E-state index in [1.165, 1.54) is 30.4 Å². The molecule has 0 atom stereocenters. The van der Waals surface area contributed by atoms with Gasteiger partial charge in [-0.25, -0.2) is 4.39 Å². The molecule has 0 saturated heterocycles. The molecular weight excluding hydrogens is 447 g/mol. The summed E-state index contributed by atoms with van der Waals surface area (Å²) in [5, 5.41) is 4.25. The monoisotopic (exact) mass is 484 g/mol. The van der Waals surface area contributed by atoms with E-state index in [1.807, 2.05) is 49.4 Å². The van der Waals surface area contributed by atoms with Gasteiger partial charge in [0, 0.05) is 23.5 Å². The summed E-state index contributed by atoms with van der Waals surface area (Å²) in [4.78, 5) is 0. The van der Waals surface area contributed by atoms with Crippen LogP contribution in [0, 0.1) is 12.7 Å². The SMILES string of the molecule is CCCCOc1ccc2c(c1)c(F)c(-c1ccccc1C)n2Cc1ccc(CCNC2CCC2)cc1. The minimum absolute atomic E-state index is 0.182. The number of hydrogen-bond donors (Lipinski definition) is 1. The highest BCUT2D eigenvalue weighted by Gasteiger charge is 2.21. The highest BCUT2D eigenvalue weighted by atomic mass is 19.1. The van der Waals surface area contributed by atoms with Crippen LogP contribution in [-0.4, -0.2) is 23.8 Å². The number of aryl methyl sites for hydroxylation is 1. The van der Waals surface area contributed by atoms with Gasteiger partial charge in [0.05, 0.1) is 17.8 Å². The van der Waals surface area contributed by atoms with Crippen molar-refractivity contribution in [1.29, 1.82) is 0 Å². The van der Waals surface area contributed by atoms with Gasteiger partial charge >= 0.3 is 0 Å². The molecule has 36 heavy (non-hydrogen) atoms. The maximum atomic E-state index is 16.0.